The van der Waals surface area contributed by atoms with Crippen molar-refractivity contribution in [3.63, 3.8) is 0 Å². The Labute approximate surface area is 103 Å². The maximum absolute atomic E-state index is 12.3. The number of carbonyl (C=O) groups excluding carboxylic acids is 1. The zero-order chi connectivity index (χ0) is 12.5. The molecule has 1 saturated carbocycles. The minimum Gasteiger partial charge on any atom is -0.395 e. The van der Waals surface area contributed by atoms with Crippen LogP contribution in [0.2, 0.25) is 0 Å². The van der Waals surface area contributed by atoms with Crippen LogP contribution in [0.25, 0.3) is 0 Å². The van der Waals surface area contributed by atoms with Gasteiger partial charge in [0.1, 0.15) is 0 Å². The molecule has 0 aromatic heterocycles. The zero-order valence-electron chi connectivity index (χ0n) is 10.9. The van der Waals surface area contributed by atoms with Crippen LogP contribution in [-0.2, 0) is 4.79 Å². The van der Waals surface area contributed by atoms with Gasteiger partial charge in [-0.1, -0.05) is 13.8 Å². The predicted octanol–water partition coefficient (Wildman–Crippen LogP) is 0.605. The fourth-order valence-electron chi connectivity index (χ4n) is 2.70. The maximum Gasteiger partial charge on any atom is 0.226 e. The Morgan fingerprint density at radius 3 is 2.71 bits per heavy atom. The van der Waals surface area contributed by atoms with Crippen LogP contribution in [0.1, 0.15) is 33.1 Å². The van der Waals surface area contributed by atoms with Crippen molar-refractivity contribution >= 4 is 5.91 Å². The number of amides is 1. The number of hydrogen-bond acceptors (Lipinski definition) is 3. The van der Waals surface area contributed by atoms with Crippen LogP contribution in [0.3, 0.4) is 0 Å². The molecule has 0 aromatic carbocycles. The normalized spacial score (nSPS) is 30.3. The van der Waals surface area contributed by atoms with E-state index in [1.165, 1.54) is 6.42 Å². The van der Waals surface area contributed by atoms with Gasteiger partial charge in [-0.3, -0.25) is 4.79 Å². The zero-order valence-corrected chi connectivity index (χ0v) is 10.9. The lowest BCUT2D eigenvalue weighted by atomic mass is 10.1. The van der Waals surface area contributed by atoms with E-state index in [9.17, 15) is 4.79 Å². The summed E-state index contributed by atoms with van der Waals surface area (Å²) in [6.45, 7) is 6.63. The fraction of sp³-hybridized carbons (Fsp3) is 0.923. The van der Waals surface area contributed by atoms with Crippen LogP contribution >= 0.6 is 0 Å². The highest BCUT2D eigenvalue weighted by Gasteiger charge is 2.51. The first-order valence-electron chi connectivity index (χ1n) is 6.67. The van der Waals surface area contributed by atoms with Gasteiger partial charge in [-0.2, -0.15) is 0 Å². The van der Waals surface area contributed by atoms with E-state index < -0.39 is 0 Å². The lowest BCUT2D eigenvalue weighted by Crippen LogP contribution is -2.43. The molecule has 1 saturated heterocycles. The van der Waals surface area contributed by atoms with E-state index in [0.717, 1.165) is 25.9 Å². The molecule has 2 atom stereocenters. The second-order valence-corrected chi connectivity index (χ2v) is 6.05. The molecule has 2 fully saturated rings. The minimum absolute atomic E-state index is 0.0611. The molecule has 2 N–H and O–H groups in total. The van der Waals surface area contributed by atoms with Crippen LogP contribution in [-0.4, -0.2) is 48.2 Å². The van der Waals surface area contributed by atoms with Crippen molar-refractivity contribution in [3.8, 4) is 0 Å². The highest BCUT2D eigenvalue weighted by Crippen LogP contribution is 2.52. The first kappa shape index (κ1) is 12.8. The number of hydrogen-bond donors (Lipinski definition) is 2. The molecule has 98 valence electrons. The molecule has 0 radical (unpaired) electrons. The molecule has 1 aliphatic heterocycles. The first-order chi connectivity index (χ1) is 8.04. The van der Waals surface area contributed by atoms with Crippen molar-refractivity contribution in [2.24, 2.45) is 11.3 Å². The Morgan fingerprint density at radius 2 is 2.24 bits per heavy atom. The Bertz CT molecular complexity index is 285. The van der Waals surface area contributed by atoms with Gasteiger partial charge in [-0.15, -0.1) is 0 Å². The number of nitrogens with zero attached hydrogens (tertiary/aromatic N) is 1. The molecule has 0 spiro atoms. The third kappa shape index (κ3) is 2.99. The van der Waals surface area contributed by atoms with Gasteiger partial charge in [0, 0.05) is 25.0 Å². The van der Waals surface area contributed by atoms with Crippen molar-refractivity contribution in [1.29, 1.82) is 0 Å². The maximum atomic E-state index is 12.3. The number of aliphatic hydroxyl groups is 1. The van der Waals surface area contributed by atoms with Gasteiger partial charge in [-0.05, 0) is 31.2 Å². The van der Waals surface area contributed by atoms with E-state index >= 15 is 0 Å². The predicted molar refractivity (Wildman–Crippen MR) is 66.6 cm³/mol. The largest absolute Gasteiger partial charge is 0.395 e. The molecule has 1 heterocycles. The molecule has 1 aliphatic carbocycles. The molecule has 1 amide bonds. The second-order valence-electron chi connectivity index (χ2n) is 6.05. The lowest BCUT2D eigenvalue weighted by Gasteiger charge is -2.26. The van der Waals surface area contributed by atoms with Crippen LogP contribution in [0.5, 0.6) is 0 Å². The van der Waals surface area contributed by atoms with Gasteiger partial charge in [-0.25, -0.2) is 0 Å². The summed E-state index contributed by atoms with van der Waals surface area (Å²) in [4.78, 5) is 14.1. The first-order valence-corrected chi connectivity index (χ1v) is 6.67. The van der Waals surface area contributed by atoms with E-state index in [2.05, 4.69) is 19.2 Å². The molecular formula is C13H24N2O2. The summed E-state index contributed by atoms with van der Waals surface area (Å²) < 4.78 is 0. The Kier molecular flexibility index (Phi) is 3.73. The lowest BCUT2D eigenvalue weighted by molar-refractivity contribution is -0.134. The van der Waals surface area contributed by atoms with Crippen molar-refractivity contribution in [2.45, 2.75) is 39.2 Å². The monoisotopic (exact) mass is 240 g/mol. The van der Waals surface area contributed by atoms with Gasteiger partial charge < -0.3 is 15.3 Å². The van der Waals surface area contributed by atoms with Gasteiger partial charge in [0.2, 0.25) is 5.91 Å². The van der Waals surface area contributed by atoms with Crippen molar-refractivity contribution in [3.05, 3.63) is 0 Å². The van der Waals surface area contributed by atoms with Crippen LogP contribution in [0.4, 0.5) is 0 Å². The summed E-state index contributed by atoms with van der Waals surface area (Å²) in [6.07, 6.45) is 3.33. The third-order valence-electron chi connectivity index (χ3n) is 4.10. The molecular weight excluding hydrogens is 216 g/mol. The number of aliphatic hydroxyl groups excluding tert-OH is 1. The SMILES string of the molecule is CC1(C)CC1C(=O)N(CCO)CC1CCCN1. The molecule has 2 aliphatic rings. The van der Waals surface area contributed by atoms with E-state index in [1.807, 2.05) is 4.90 Å². The Morgan fingerprint density at radius 1 is 1.53 bits per heavy atom. The topological polar surface area (TPSA) is 52.6 Å². The quantitative estimate of drug-likeness (QED) is 0.740. The molecule has 17 heavy (non-hydrogen) atoms. The fourth-order valence-corrected chi connectivity index (χ4v) is 2.70. The summed E-state index contributed by atoms with van der Waals surface area (Å²) in [6, 6.07) is 0.423. The average molecular weight is 240 g/mol. The second kappa shape index (κ2) is 4.94. The van der Waals surface area contributed by atoms with E-state index in [4.69, 9.17) is 5.11 Å². The van der Waals surface area contributed by atoms with Crippen molar-refractivity contribution in [1.82, 2.24) is 10.2 Å². The number of rotatable bonds is 5. The molecule has 2 unspecified atom stereocenters. The summed E-state index contributed by atoms with van der Waals surface area (Å²) in [5.41, 5.74) is 0.174. The third-order valence-corrected chi connectivity index (χ3v) is 4.10. The van der Waals surface area contributed by atoms with Crippen LogP contribution < -0.4 is 5.32 Å². The van der Waals surface area contributed by atoms with E-state index in [-0.39, 0.29) is 23.8 Å². The number of carbonyl (C=O) groups is 1. The summed E-state index contributed by atoms with van der Waals surface area (Å²) in [5, 5.41) is 12.5. The van der Waals surface area contributed by atoms with Gasteiger partial charge >= 0.3 is 0 Å². The van der Waals surface area contributed by atoms with Crippen molar-refractivity contribution in [2.75, 3.05) is 26.2 Å². The molecule has 0 bridgehead atoms. The highest BCUT2D eigenvalue weighted by atomic mass is 16.3. The standard InChI is InChI=1S/C13H24N2O2/c1-13(2)8-11(13)12(17)15(6-7-16)9-10-4-3-5-14-10/h10-11,14,16H,3-9H2,1-2H3. The summed E-state index contributed by atoms with van der Waals surface area (Å²) >= 11 is 0. The highest BCUT2D eigenvalue weighted by molar-refractivity contribution is 5.82. The van der Waals surface area contributed by atoms with Gasteiger partial charge in [0.05, 0.1) is 6.61 Å². The van der Waals surface area contributed by atoms with Crippen LogP contribution in [0.15, 0.2) is 0 Å². The van der Waals surface area contributed by atoms with Gasteiger partial charge in [0.25, 0.3) is 0 Å². The molecule has 2 rings (SSSR count). The van der Waals surface area contributed by atoms with Crippen LogP contribution in [0, 0.1) is 11.3 Å². The number of nitrogens with one attached hydrogen (secondary N) is 1. The Balaban J connectivity index is 1.89. The molecule has 0 aromatic rings. The smallest absolute Gasteiger partial charge is 0.226 e. The molecule has 4 heteroatoms. The van der Waals surface area contributed by atoms with E-state index in [0.29, 0.717) is 12.6 Å². The van der Waals surface area contributed by atoms with E-state index in [1.54, 1.807) is 0 Å². The average Bonchev–Trinajstić information content (AvgIpc) is 2.71. The summed E-state index contributed by atoms with van der Waals surface area (Å²) in [5.74, 6) is 0.410. The minimum atomic E-state index is 0.0611. The van der Waals surface area contributed by atoms with Crippen molar-refractivity contribution < 1.29 is 9.90 Å². The Hall–Kier alpha value is -0.610. The summed E-state index contributed by atoms with van der Waals surface area (Å²) in [7, 11) is 0. The molecule has 4 nitrogen and oxygen atoms in total. The van der Waals surface area contributed by atoms with Gasteiger partial charge in [0.15, 0.2) is 0 Å².